The molecule has 2 aromatic rings. The zero-order valence-corrected chi connectivity index (χ0v) is 10.6. The number of hydrogen-bond donors (Lipinski definition) is 2. The average Bonchev–Trinajstić information content (AvgIpc) is 2.34. The lowest BCUT2D eigenvalue weighted by Crippen LogP contribution is -2.06. The Hall–Kier alpha value is -2.43. The molecule has 0 bridgehead atoms. The number of halogens is 1. The second kappa shape index (κ2) is 5.06. The fourth-order valence-electron chi connectivity index (χ4n) is 1.78. The van der Waals surface area contributed by atoms with Crippen LogP contribution < -0.4 is 5.32 Å². The molecule has 0 radical (unpaired) electrons. The smallest absolute Gasteiger partial charge is 0.337 e. The molecule has 0 fully saturated rings. The van der Waals surface area contributed by atoms with E-state index in [4.69, 9.17) is 5.11 Å². The molecule has 0 saturated heterocycles. The maximum absolute atomic E-state index is 13.8. The van der Waals surface area contributed by atoms with Crippen molar-refractivity contribution in [1.29, 1.82) is 0 Å². The fraction of sp³-hybridized carbons (Fsp3) is 0.143. The summed E-state index contributed by atoms with van der Waals surface area (Å²) in [4.78, 5) is 15.3. The molecule has 0 spiro atoms. The SMILES string of the molecule is Cc1ccc(Nc2c(F)cccc2C(=O)O)c(C)n1. The number of carbonyl (C=O) groups is 1. The molecule has 1 heterocycles. The second-order valence-electron chi connectivity index (χ2n) is 4.18. The van der Waals surface area contributed by atoms with E-state index >= 15 is 0 Å². The number of pyridine rings is 1. The first-order valence-electron chi connectivity index (χ1n) is 5.72. The molecule has 5 heteroatoms. The number of aryl methyl sites for hydroxylation is 2. The summed E-state index contributed by atoms with van der Waals surface area (Å²) in [5.74, 6) is -1.79. The molecule has 0 aliphatic heterocycles. The van der Waals surface area contributed by atoms with E-state index in [0.29, 0.717) is 11.4 Å². The zero-order chi connectivity index (χ0) is 14.0. The summed E-state index contributed by atoms with van der Waals surface area (Å²) >= 11 is 0. The Balaban J connectivity index is 2.46. The molecule has 0 saturated carbocycles. The van der Waals surface area contributed by atoms with Crippen LogP contribution in [0.1, 0.15) is 21.7 Å². The topological polar surface area (TPSA) is 62.2 Å². The number of carboxylic acid groups (broad SMARTS) is 1. The minimum atomic E-state index is -1.18. The van der Waals surface area contributed by atoms with Crippen molar-refractivity contribution in [3.8, 4) is 0 Å². The van der Waals surface area contributed by atoms with Gasteiger partial charge in [0, 0.05) is 5.69 Å². The van der Waals surface area contributed by atoms with E-state index in [1.165, 1.54) is 18.2 Å². The number of carboxylic acids is 1. The van der Waals surface area contributed by atoms with Gasteiger partial charge in [0.2, 0.25) is 0 Å². The normalized spacial score (nSPS) is 10.3. The van der Waals surface area contributed by atoms with Gasteiger partial charge in [-0.15, -0.1) is 0 Å². The lowest BCUT2D eigenvalue weighted by molar-refractivity contribution is 0.0697. The van der Waals surface area contributed by atoms with Crippen LogP contribution in [0.25, 0.3) is 0 Å². The van der Waals surface area contributed by atoms with E-state index in [1.807, 2.05) is 6.92 Å². The molecule has 98 valence electrons. The molecule has 0 aliphatic carbocycles. The van der Waals surface area contributed by atoms with Crippen LogP contribution in [0.2, 0.25) is 0 Å². The predicted octanol–water partition coefficient (Wildman–Crippen LogP) is 3.28. The Labute approximate surface area is 109 Å². The van der Waals surface area contributed by atoms with Crippen LogP contribution in [0.15, 0.2) is 30.3 Å². The number of benzene rings is 1. The van der Waals surface area contributed by atoms with Gasteiger partial charge >= 0.3 is 5.97 Å². The monoisotopic (exact) mass is 260 g/mol. The third-order valence-corrected chi connectivity index (χ3v) is 2.73. The standard InChI is InChI=1S/C14H13FN2O2/c1-8-6-7-12(9(2)16-8)17-13-10(14(18)19)4-3-5-11(13)15/h3-7,17H,1-2H3,(H,18,19). The Bertz CT molecular complexity index is 641. The summed E-state index contributed by atoms with van der Waals surface area (Å²) in [6.07, 6.45) is 0. The summed E-state index contributed by atoms with van der Waals surface area (Å²) in [5, 5.41) is 11.9. The molecule has 4 nitrogen and oxygen atoms in total. The molecule has 0 amide bonds. The molecule has 2 rings (SSSR count). The van der Waals surface area contributed by atoms with Crippen LogP contribution in [-0.2, 0) is 0 Å². The molecular formula is C14H13FN2O2. The van der Waals surface area contributed by atoms with Crippen molar-refractivity contribution >= 4 is 17.3 Å². The van der Waals surface area contributed by atoms with E-state index in [-0.39, 0.29) is 11.3 Å². The zero-order valence-electron chi connectivity index (χ0n) is 10.6. The average molecular weight is 260 g/mol. The molecule has 19 heavy (non-hydrogen) atoms. The van der Waals surface area contributed by atoms with Crippen molar-refractivity contribution in [3.05, 3.63) is 53.1 Å². The first-order chi connectivity index (χ1) is 8.99. The number of hydrogen-bond acceptors (Lipinski definition) is 3. The highest BCUT2D eigenvalue weighted by molar-refractivity contribution is 5.95. The lowest BCUT2D eigenvalue weighted by Gasteiger charge is -2.12. The highest BCUT2D eigenvalue weighted by Crippen LogP contribution is 2.25. The van der Waals surface area contributed by atoms with Crippen molar-refractivity contribution < 1.29 is 14.3 Å². The van der Waals surface area contributed by atoms with Crippen molar-refractivity contribution in [3.63, 3.8) is 0 Å². The van der Waals surface area contributed by atoms with Crippen LogP contribution in [-0.4, -0.2) is 16.1 Å². The second-order valence-corrected chi connectivity index (χ2v) is 4.18. The van der Waals surface area contributed by atoms with Gasteiger partial charge in [0.1, 0.15) is 5.82 Å². The van der Waals surface area contributed by atoms with Crippen LogP contribution in [0.3, 0.4) is 0 Å². The van der Waals surface area contributed by atoms with E-state index < -0.39 is 11.8 Å². The van der Waals surface area contributed by atoms with Crippen LogP contribution in [0.4, 0.5) is 15.8 Å². The lowest BCUT2D eigenvalue weighted by atomic mass is 10.1. The predicted molar refractivity (Wildman–Crippen MR) is 70.4 cm³/mol. The molecule has 2 N–H and O–H groups in total. The summed E-state index contributed by atoms with van der Waals surface area (Å²) in [5.41, 5.74) is 1.94. The number of rotatable bonds is 3. The first-order valence-corrected chi connectivity index (χ1v) is 5.72. The Morgan fingerprint density at radius 2 is 2.00 bits per heavy atom. The number of anilines is 2. The fourth-order valence-corrected chi connectivity index (χ4v) is 1.78. The summed E-state index contributed by atoms with van der Waals surface area (Å²) < 4.78 is 13.8. The van der Waals surface area contributed by atoms with Crippen LogP contribution >= 0.6 is 0 Å². The Morgan fingerprint density at radius 3 is 2.63 bits per heavy atom. The Kier molecular flexibility index (Phi) is 3.46. The molecule has 1 aromatic carbocycles. The van der Waals surface area contributed by atoms with Gasteiger partial charge in [0.25, 0.3) is 0 Å². The molecule has 0 atom stereocenters. The van der Waals surface area contributed by atoms with E-state index in [1.54, 1.807) is 19.1 Å². The van der Waals surface area contributed by atoms with Crippen molar-refractivity contribution in [2.24, 2.45) is 0 Å². The third-order valence-electron chi connectivity index (χ3n) is 2.73. The highest BCUT2D eigenvalue weighted by Gasteiger charge is 2.15. The molecular weight excluding hydrogens is 247 g/mol. The molecule has 0 aliphatic rings. The molecule has 0 unspecified atom stereocenters. The summed E-state index contributed by atoms with van der Waals surface area (Å²) in [6, 6.07) is 7.45. The number of aromatic nitrogens is 1. The summed E-state index contributed by atoms with van der Waals surface area (Å²) in [7, 11) is 0. The van der Waals surface area contributed by atoms with Crippen LogP contribution in [0.5, 0.6) is 0 Å². The van der Waals surface area contributed by atoms with Crippen molar-refractivity contribution in [2.75, 3.05) is 5.32 Å². The van der Waals surface area contributed by atoms with E-state index in [0.717, 1.165) is 5.69 Å². The summed E-state index contributed by atoms with van der Waals surface area (Å²) in [6.45, 7) is 3.62. The number of para-hydroxylation sites is 1. The quantitative estimate of drug-likeness (QED) is 0.889. The number of nitrogens with zero attached hydrogens (tertiary/aromatic N) is 1. The van der Waals surface area contributed by atoms with Gasteiger partial charge in [0.15, 0.2) is 0 Å². The van der Waals surface area contributed by atoms with Gasteiger partial charge in [-0.05, 0) is 38.1 Å². The van der Waals surface area contributed by atoms with E-state index in [2.05, 4.69) is 10.3 Å². The van der Waals surface area contributed by atoms with Gasteiger partial charge < -0.3 is 10.4 Å². The minimum Gasteiger partial charge on any atom is -0.478 e. The first kappa shape index (κ1) is 13.0. The maximum Gasteiger partial charge on any atom is 0.337 e. The van der Waals surface area contributed by atoms with Gasteiger partial charge in [-0.25, -0.2) is 9.18 Å². The third kappa shape index (κ3) is 2.70. The van der Waals surface area contributed by atoms with Crippen molar-refractivity contribution in [1.82, 2.24) is 4.98 Å². The van der Waals surface area contributed by atoms with Gasteiger partial charge in [-0.1, -0.05) is 6.07 Å². The van der Waals surface area contributed by atoms with E-state index in [9.17, 15) is 9.18 Å². The highest BCUT2D eigenvalue weighted by atomic mass is 19.1. The van der Waals surface area contributed by atoms with Gasteiger partial charge in [-0.2, -0.15) is 0 Å². The maximum atomic E-state index is 13.8. The van der Waals surface area contributed by atoms with Crippen molar-refractivity contribution in [2.45, 2.75) is 13.8 Å². The minimum absolute atomic E-state index is 0.0521. The van der Waals surface area contributed by atoms with Crippen LogP contribution in [0, 0.1) is 19.7 Å². The van der Waals surface area contributed by atoms with Gasteiger partial charge in [-0.3, -0.25) is 4.98 Å². The Morgan fingerprint density at radius 1 is 1.26 bits per heavy atom. The van der Waals surface area contributed by atoms with Gasteiger partial charge in [0.05, 0.1) is 22.6 Å². The largest absolute Gasteiger partial charge is 0.478 e. The number of nitrogens with one attached hydrogen (secondary N) is 1. The molecule has 1 aromatic heterocycles. The number of aromatic carboxylic acids is 1.